The highest BCUT2D eigenvalue weighted by Gasteiger charge is 2.47. The lowest BCUT2D eigenvalue weighted by Crippen LogP contribution is -2.40. The Bertz CT molecular complexity index is 721. The fourth-order valence-corrected chi connectivity index (χ4v) is 2.53. The third kappa shape index (κ3) is 1.86. The Morgan fingerprint density at radius 1 is 1.15 bits per heavy atom. The SMILES string of the molecule is N#C[C@]1(Nc2ccc(Br)cc2)C(=O)Nc2ccccc21. The number of fused-ring (bicyclic) bond motifs is 1. The van der Waals surface area contributed by atoms with Crippen molar-refractivity contribution in [2.75, 3.05) is 10.6 Å². The average molecular weight is 328 g/mol. The van der Waals surface area contributed by atoms with E-state index in [1.165, 1.54) is 0 Å². The van der Waals surface area contributed by atoms with Crippen molar-refractivity contribution in [3.8, 4) is 6.07 Å². The second-order valence-corrected chi connectivity index (χ2v) is 5.41. The van der Waals surface area contributed by atoms with Crippen LogP contribution in [0.3, 0.4) is 0 Å². The van der Waals surface area contributed by atoms with E-state index in [1.54, 1.807) is 12.1 Å². The molecule has 20 heavy (non-hydrogen) atoms. The molecule has 2 aromatic carbocycles. The number of carbonyl (C=O) groups is 1. The summed E-state index contributed by atoms with van der Waals surface area (Å²) in [6.07, 6.45) is 0. The summed E-state index contributed by atoms with van der Waals surface area (Å²) in [6, 6.07) is 16.7. The minimum atomic E-state index is -1.38. The van der Waals surface area contributed by atoms with Crippen LogP contribution >= 0.6 is 15.9 Å². The molecular formula is C15H10BrN3O. The van der Waals surface area contributed by atoms with Crippen LogP contribution in [0.4, 0.5) is 11.4 Å². The number of nitrogens with one attached hydrogen (secondary N) is 2. The molecule has 0 unspecified atom stereocenters. The molecule has 2 aromatic rings. The maximum atomic E-state index is 12.3. The molecule has 5 heteroatoms. The molecular weight excluding hydrogens is 318 g/mol. The first-order valence-corrected chi connectivity index (χ1v) is 6.81. The Morgan fingerprint density at radius 3 is 2.55 bits per heavy atom. The Kier molecular flexibility index (Phi) is 2.96. The van der Waals surface area contributed by atoms with Gasteiger partial charge in [-0.05, 0) is 30.3 Å². The molecule has 0 aliphatic carbocycles. The summed E-state index contributed by atoms with van der Waals surface area (Å²) in [6.45, 7) is 0. The van der Waals surface area contributed by atoms with Crippen molar-refractivity contribution in [3.05, 3.63) is 58.6 Å². The van der Waals surface area contributed by atoms with E-state index in [0.717, 1.165) is 4.47 Å². The molecule has 0 fully saturated rings. The molecule has 1 atom stereocenters. The van der Waals surface area contributed by atoms with E-state index >= 15 is 0 Å². The van der Waals surface area contributed by atoms with Gasteiger partial charge in [0.25, 0.3) is 5.91 Å². The number of nitrogens with zero attached hydrogens (tertiary/aromatic N) is 1. The van der Waals surface area contributed by atoms with Gasteiger partial charge in [0.05, 0.1) is 0 Å². The van der Waals surface area contributed by atoms with Crippen molar-refractivity contribution in [3.63, 3.8) is 0 Å². The minimum absolute atomic E-state index is 0.357. The van der Waals surface area contributed by atoms with Gasteiger partial charge in [-0.1, -0.05) is 34.1 Å². The highest BCUT2D eigenvalue weighted by atomic mass is 79.9. The van der Waals surface area contributed by atoms with Crippen LogP contribution in [0, 0.1) is 11.3 Å². The number of benzene rings is 2. The van der Waals surface area contributed by atoms with Crippen molar-refractivity contribution in [1.29, 1.82) is 5.26 Å². The number of hydrogen-bond donors (Lipinski definition) is 2. The Labute approximate surface area is 124 Å². The highest BCUT2D eigenvalue weighted by Crippen LogP contribution is 2.38. The maximum Gasteiger partial charge on any atom is 0.269 e. The van der Waals surface area contributed by atoms with Crippen molar-refractivity contribution in [1.82, 2.24) is 0 Å². The van der Waals surface area contributed by atoms with Gasteiger partial charge in [-0.3, -0.25) is 4.79 Å². The molecule has 98 valence electrons. The summed E-state index contributed by atoms with van der Waals surface area (Å²) < 4.78 is 0.935. The molecule has 1 aliphatic rings. The second-order valence-electron chi connectivity index (χ2n) is 4.49. The minimum Gasteiger partial charge on any atom is -0.356 e. The summed E-state index contributed by atoms with van der Waals surface area (Å²) in [5.74, 6) is -0.357. The van der Waals surface area contributed by atoms with Crippen LogP contribution in [0.25, 0.3) is 0 Å². The lowest BCUT2D eigenvalue weighted by molar-refractivity contribution is -0.118. The van der Waals surface area contributed by atoms with E-state index in [2.05, 4.69) is 32.6 Å². The van der Waals surface area contributed by atoms with Gasteiger partial charge in [0, 0.05) is 21.4 Å². The lowest BCUT2D eigenvalue weighted by Gasteiger charge is -2.22. The number of rotatable bonds is 2. The zero-order valence-corrected chi connectivity index (χ0v) is 11.9. The third-order valence-corrected chi connectivity index (χ3v) is 3.79. The van der Waals surface area contributed by atoms with Gasteiger partial charge in [-0.2, -0.15) is 5.26 Å². The van der Waals surface area contributed by atoms with E-state index in [9.17, 15) is 10.1 Å². The molecule has 0 bridgehead atoms. The number of halogens is 1. The molecule has 0 saturated carbocycles. The lowest BCUT2D eigenvalue weighted by atomic mass is 9.92. The monoisotopic (exact) mass is 327 g/mol. The van der Waals surface area contributed by atoms with E-state index in [1.807, 2.05) is 36.4 Å². The van der Waals surface area contributed by atoms with E-state index in [-0.39, 0.29) is 5.91 Å². The van der Waals surface area contributed by atoms with Gasteiger partial charge >= 0.3 is 0 Å². The molecule has 3 rings (SSSR count). The van der Waals surface area contributed by atoms with Crippen molar-refractivity contribution in [2.45, 2.75) is 5.54 Å². The predicted molar refractivity (Wildman–Crippen MR) is 80.1 cm³/mol. The molecule has 1 aliphatic heterocycles. The number of hydrogen-bond acceptors (Lipinski definition) is 3. The summed E-state index contributed by atoms with van der Waals surface area (Å²) >= 11 is 3.35. The fourth-order valence-electron chi connectivity index (χ4n) is 2.27. The summed E-state index contributed by atoms with van der Waals surface area (Å²) in [4.78, 5) is 12.3. The van der Waals surface area contributed by atoms with Crippen molar-refractivity contribution >= 4 is 33.2 Å². The molecule has 4 nitrogen and oxygen atoms in total. The molecule has 0 radical (unpaired) electrons. The Balaban J connectivity index is 2.06. The van der Waals surface area contributed by atoms with E-state index in [4.69, 9.17) is 0 Å². The summed E-state index contributed by atoms with van der Waals surface area (Å²) in [5, 5.41) is 15.3. The molecule has 1 heterocycles. The van der Waals surface area contributed by atoms with Crippen LogP contribution in [0.1, 0.15) is 5.56 Å². The Hall–Kier alpha value is -2.32. The zero-order chi connectivity index (χ0) is 14.2. The zero-order valence-electron chi connectivity index (χ0n) is 10.4. The molecule has 0 spiro atoms. The number of carbonyl (C=O) groups excluding carboxylic acids is 1. The van der Waals surface area contributed by atoms with Crippen LogP contribution in [-0.2, 0) is 10.3 Å². The molecule has 1 amide bonds. The summed E-state index contributed by atoms with van der Waals surface area (Å²) in [7, 11) is 0. The molecule has 0 aromatic heterocycles. The van der Waals surface area contributed by atoms with Gasteiger partial charge < -0.3 is 10.6 Å². The first-order chi connectivity index (χ1) is 9.65. The van der Waals surface area contributed by atoms with Crippen LogP contribution in [0.15, 0.2) is 53.0 Å². The quantitative estimate of drug-likeness (QED) is 0.889. The van der Waals surface area contributed by atoms with Gasteiger partial charge in [0.1, 0.15) is 6.07 Å². The van der Waals surface area contributed by atoms with Crippen LogP contribution in [0.5, 0.6) is 0 Å². The van der Waals surface area contributed by atoms with E-state index in [0.29, 0.717) is 16.9 Å². The van der Waals surface area contributed by atoms with Gasteiger partial charge in [-0.15, -0.1) is 0 Å². The number of anilines is 2. The first kappa shape index (κ1) is 12.7. The Morgan fingerprint density at radius 2 is 1.85 bits per heavy atom. The standard InChI is InChI=1S/C15H10BrN3O/c16-10-5-7-11(8-6-10)19-15(9-17)12-3-1-2-4-13(12)18-14(15)20/h1-8,19H,(H,18,20)/t15-/m1/s1. The first-order valence-electron chi connectivity index (χ1n) is 6.02. The van der Waals surface area contributed by atoms with E-state index < -0.39 is 5.54 Å². The fraction of sp³-hybridized carbons (Fsp3) is 0.0667. The third-order valence-electron chi connectivity index (χ3n) is 3.26. The predicted octanol–water partition coefficient (Wildman–Crippen LogP) is 3.23. The summed E-state index contributed by atoms with van der Waals surface area (Å²) in [5.41, 5.74) is 0.644. The smallest absolute Gasteiger partial charge is 0.269 e. The average Bonchev–Trinajstić information content (AvgIpc) is 2.74. The molecule has 2 N–H and O–H groups in total. The highest BCUT2D eigenvalue weighted by molar-refractivity contribution is 9.10. The normalized spacial score (nSPS) is 19.9. The number of amides is 1. The molecule has 0 saturated heterocycles. The van der Waals surface area contributed by atoms with Crippen LogP contribution in [-0.4, -0.2) is 5.91 Å². The number of nitriles is 1. The van der Waals surface area contributed by atoms with Crippen molar-refractivity contribution in [2.24, 2.45) is 0 Å². The number of para-hydroxylation sites is 1. The van der Waals surface area contributed by atoms with Gasteiger partial charge in [0.2, 0.25) is 5.54 Å². The maximum absolute atomic E-state index is 12.3. The largest absolute Gasteiger partial charge is 0.356 e. The van der Waals surface area contributed by atoms with Gasteiger partial charge in [-0.25, -0.2) is 0 Å². The van der Waals surface area contributed by atoms with Gasteiger partial charge in [0.15, 0.2) is 0 Å². The van der Waals surface area contributed by atoms with Crippen LogP contribution < -0.4 is 10.6 Å². The second kappa shape index (κ2) is 4.66. The topological polar surface area (TPSA) is 64.9 Å². The van der Waals surface area contributed by atoms with Crippen molar-refractivity contribution < 1.29 is 4.79 Å². The van der Waals surface area contributed by atoms with Crippen LogP contribution in [0.2, 0.25) is 0 Å².